The molecule has 3 aromatic carbocycles. The van der Waals surface area contributed by atoms with E-state index in [1.807, 2.05) is 18.2 Å². The van der Waals surface area contributed by atoms with Crippen LogP contribution in [0.1, 0.15) is 5.56 Å². The second kappa shape index (κ2) is 4.65. The van der Waals surface area contributed by atoms with Crippen molar-refractivity contribution < 1.29 is 0 Å². The molecular formula is C17H16N2. The molecule has 0 bridgehead atoms. The van der Waals surface area contributed by atoms with Crippen molar-refractivity contribution in [2.24, 2.45) is 0 Å². The first-order valence-electron chi connectivity index (χ1n) is 6.35. The average Bonchev–Trinajstić information content (AvgIpc) is 2.43. The predicted octanol–water partition coefficient (Wildman–Crippen LogP) is 4.47. The van der Waals surface area contributed by atoms with Crippen LogP contribution in [0.25, 0.3) is 10.8 Å². The van der Waals surface area contributed by atoms with Crippen LogP contribution in [-0.2, 0) is 0 Å². The second-order valence-corrected chi connectivity index (χ2v) is 4.69. The number of nitrogens with one attached hydrogen (secondary N) is 1. The summed E-state index contributed by atoms with van der Waals surface area (Å²) in [6.45, 7) is 2.06. The second-order valence-electron chi connectivity index (χ2n) is 4.69. The summed E-state index contributed by atoms with van der Waals surface area (Å²) in [5, 5.41) is 5.88. The Bertz CT molecular complexity index is 707. The molecule has 0 fully saturated rings. The molecule has 0 saturated heterocycles. The van der Waals surface area contributed by atoms with Crippen molar-refractivity contribution in [2.45, 2.75) is 6.92 Å². The van der Waals surface area contributed by atoms with Gasteiger partial charge in [-0.2, -0.15) is 0 Å². The lowest BCUT2D eigenvalue weighted by Gasteiger charge is -2.14. The number of nitrogen functional groups attached to an aromatic ring is 1. The summed E-state index contributed by atoms with van der Waals surface area (Å²) < 4.78 is 0. The molecule has 0 spiro atoms. The molecule has 0 amide bonds. The minimum absolute atomic E-state index is 0.771. The average molecular weight is 248 g/mol. The highest BCUT2D eigenvalue weighted by Gasteiger charge is 2.05. The number of nitrogens with two attached hydrogens (primary N) is 1. The molecule has 2 heteroatoms. The molecule has 0 atom stereocenters. The molecule has 2 nitrogen and oxygen atoms in total. The van der Waals surface area contributed by atoms with E-state index in [1.54, 1.807) is 0 Å². The smallest absolute Gasteiger partial charge is 0.0647 e. The lowest BCUT2D eigenvalue weighted by molar-refractivity contribution is 1.44. The summed E-state index contributed by atoms with van der Waals surface area (Å²) in [6.07, 6.45) is 0. The Hall–Kier alpha value is -2.48. The highest BCUT2D eigenvalue weighted by atomic mass is 14.9. The largest absolute Gasteiger partial charge is 0.397 e. The summed E-state index contributed by atoms with van der Waals surface area (Å²) in [5.74, 6) is 0. The standard InChI is InChI=1S/C17H16N2/c1-12-6-4-10-15(18)17(12)19-16-11-5-8-13-7-2-3-9-14(13)16/h2-11,19H,18H2,1H3. The molecule has 0 aromatic heterocycles. The molecule has 0 heterocycles. The van der Waals surface area contributed by atoms with Gasteiger partial charge in [-0.1, -0.05) is 48.5 Å². The molecule has 94 valence electrons. The van der Waals surface area contributed by atoms with Crippen molar-refractivity contribution in [3.63, 3.8) is 0 Å². The fourth-order valence-electron chi connectivity index (χ4n) is 2.33. The fraction of sp³-hybridized carbons (Fsp3) is 0.0588. The normalized spacial score (nSPS) is 10.6. The summed E-state index contributed by atoms with van der Waals surface area (Å²) >= 11 is 0. The van der Waals surface area contributed by atoms with E-state index in [4.69, 9.17) is 5.73 Å². The Kier molecular flexibility index (Phi) is 2.84. The molecule has 0 aliphatic rings. The van der Waals surface area contributed by atoms with Gasteiger partial charge in [0.15, 0.2) is 0 Å². The van der Waals surface area contributed by atoms with Gasteiger partial charge >= 0.3 is 0 Å². The Morgan fingerprint density at radius 2 is 1.58 bits per heavy atom. The first-order valence-corrected chi connectivity index (χ1v) is 6.35. The van der Waals surface area contributed by atoms with Gasteiger partial charge in [0.25, 0.3) is 0 Å². The lowest BCUT2D eigenvalue weighted by atomic mass is 10.1. The lowest BCUT2D eigenvalue weighted by Crippen LogP contribution is -1.99. The molecule has 3 N–H and O–H groups in total. The van der Waals surface area contributed by atoms with E-state index >= 15 is 0 Å². The third kappa shape index (κ3) is 2.13. The van der Waals surface area contributed by atoms with Gasteiger partial charge in [-0.15, -0.1) is 0 Å². The van der Waals surface area contributed by atoms with Crippen molar-refractivity contribution >= 4 is 27.8 Å². The van der Waals surface area contributed by atoms with Crippen LogP contribution in [0.3, 0.4) is 0 Å². The van der Waals surface area contributed by atoms with Crippen LogP contribution in [0.2, 0.25) is 0 Å². The maximum atomic E-state index is 6.05. The van der Waals surface area contributed by atoms with Crippen molar-refractivity contribution in [3.8, 4) is 0 Å². The molecule has 0 unspecified atom stereocenters. The van der Waals surface area contributed by atoms with Crippen LogP contribution >= 0.6 is 0 Å². The van der Waals surface area contributed by atoms with Crippen LogP contribution in [0.4, 0.5) is 17.1 Å². The fourth-order valence-corrected chi connectivity index (χ4v) is 2.33. The number of benzene rings is 3. The zero-order valence-corrected chi connectivity index (χ0v) is 10.9. The first kappa shape index (κ1) is 11.6. The van der Waals surface area contributed by atoms with Gasteiger partial charge in [0, 0.05) is 11.1 Å². The topological polar surface area (TPSA) is 38.0 Å². The van der Waals surface area contributed by atoms with E-state index in [-0.39, 0.29) is 0 Å². The Morgan fingerprint density at radius 3 is 2.42 bits per heavy atom. The number of para-hydroxylation sites is 1. The van der Waals surface area contributed by atoms with Gasteiger partial charge in [0.05, 0.1) is 11.4 Å². The number of hydrogen-bond acceptors (Lipinski definition) is 2. The molecule has 0 aliphatic heterocycles. The minimum Gasteiger partial charge on any atom is -0.397 e. The van der Waals surface area contributed by atoms with Crippen molar-refractivity contribution in [2.75, 3.05) is 11.1 Å². The van der Waals surface area contributed by atoms with E-state index in [1.165, 1.54) is 10.8 Å². The van der Waals surface area contributed by atoms with Gasteiger partial charge in [-0.05, 0) is 30.0 Å². The summed E-state index contributed by atoms with van der Waals surface area (Å²) in [6, 6.07) is 20.5. The van der Waals surface area contributed by atoms with E-state index in [0.717, 1.165) is 22.6 Å². The number of aryl methyl sites for hydroxylation is 1. The molecule has 0 saturated carbocycles. The Balaban J connectivity index is 2.11. The molecule has 0 radical (unpaired) electrons. The van der Waals surface area contributed by atoms with E-state index in [9.17, 15) is 0 Å². The van der Waals surface area contributed by atoms with Crippen LogP contribution in [-0.4, -0.2) is 0 Å². The zero-order valence-electron chi connectivity index (χ0n) is 10.9. The van der Waals surface area contributed by atoms with Gasteiger partial charge in [-0.3, -0.25) is 0 Å². The maximum Gasteiger partial charge on any atom is 0.0647 e. The number of rotatable bonds is 2. The quantitative estimate of drug-likeness (QED) is 0.656. The molecule has 0 aliphatic carbocycles. The van der Waals surface area contributed by atoms with E-state index < -0.39 is 0 Å². The van der Waals surface area contributed by atoms with Crippen LogP contribution < -0.4 is 11.1 Å². The SMILES string of the molecule is Cc1cccc(N)c1Nc1cccc2ccccc12. The number of anilines is 3. The van der Waals surface area contributed by atoms with Crippen LogP contribution in [0.15, 0.2) is 60.7 Å². The van der Waals surface area contributed by atoms with Crippen molar-refractivity contribution in [1.29, 1.82) is 0 Å². The summed E-state index contributed by atoms with van der Waals surface area (Å²) in [7, 11) is 0. The van der Waals surface area contributed by atoms with Crippen LogP contribution in [0, 0.1) is 6.92 Å². The van der Waals surface area contributed by atoms with Gasteiger partial charge in [-0.25, -0.2) is 0 Å². The predicted molar refractivity (Wildman–Crippen MR) is 82.8 cm³/mol. The monoisotopic (exact) mass is 248 g/mol. The van der Waals surface area contributed by atoms with Crippen molar-refractivity contribution in [3.05, 3.63) is 66.2 Å². The van der Waals surface area contributed by atoms with E-state index in [2.05, 4.69) is 54.7 Å². The van der Waals surface area contributed by atoms with Crippen molar-refractivity contribution in [1.82, 2.24) is 0 Å². The highest BCUT2D eigenvalue weighted by molar-refractivity contribution is 5.96. The highest BCUT2D eigenvalue weighted by Crippen LogP contribution is 2.30. The molecular weight excluding hydrogens is 232 g/mol. The molecule has 3 aromatic rings. The van der Waals surface area contributed by atoms with Crippen LogP contribution in [0.5, 0.6) is 0 Å². The van der Waals surface area contributed by atoms with Gasteiger partial charge in [0.2, 0.25) is 0 Å². The summed E-state index contributed by atoms with van der Waals surface area (Å²) in [5.41, 5.74) is 10.0. The van der Waals surface area contributed by atoms with Gasteiger partial charge in [0.1, 0.15) is 0 Å². The minimum atomic E-state index is 0.771. The first-order chi connectivity index (χ1) is 9.25. The van der Waals surface area contributed by atoms with E-state index in [0.29, 0.717) is 0 Å². The number of fused-ring (bicyclic) bond motifs is 1. The maximum absolute atomic E-state index is 6.05. The Morgan fingerprint density at radius 1 is 0.842 bits per heavy atom. The third-order valence-electron chi connectivity index (χ3n) is 3.35. The Labute approximate surface area is 112 Å². The third-order valence-corrected chi connectivity index (χ3v) is 3.35. The van der Waals surface area contributed by atoms with Gasteiger partial charge < -0.3 is 11.1 Å². The molecule has 3 rings (SSSR count). The molecule has 19 heavy (non-hydrogen) atoms. The number of hydrogen-bond donors (Lipinski definition) is 2. The summed E-state index contributed by atoms with van der Waals surface area (Å²) in [4.78, 5) is 0. The zero-order chi connectivity index (χ0) is 13.2.